The zero-order valence-corrected chi connectivity index (χ0v) is 12.8. The van der Waals surface area contributed by atoms with Gasteiger partial charge in [-0.3, -0.25) is 9.78 Å². The predicted octanol–water partition coefficient (Wildman–Crippen LogP) is 2.97. The van der Waals surface area contributed by atoms with E-state index in [1.807, 2.05) is 25.1 Å². The molecule has 0 radical (unpaired) electrons. The summed E-state index contributed by atoms with van der Waals surface area (Å²) in [7, 11) is 0. The van der Waals surface area contributed by atoms with Crippen molar-refractivity contribution in [2.75, 3.05) is 5.32 Å². The first-order valence-electron chi connectivity index (χ1n) is 6.69. The maximum Gasteiger partial charge on any atom is 0.252 e. The van der Waals surface area contributed by atoms with Gasteiger partial charge in [-0.2, -0.15) is 0 Å². The Bertz CT molecular complexity index is 866. The lowest BCUT2D eigenvalue weighted by molar-refractivity contribution is 0.773. The first-order valence-corrected chi connectivity index (χ1v) is 7.07. The fraction of sp³-hybridized carbons (Fsp3) is 0.133. The van der Waals surface area contributed by atoms with Crippen LogP contribution in [0, 0.1) is 13.8 Å². The van der Waals surface area contributed by atoms with Crippen molar-refractivity contribution in [2.24, 2.45) is 0 Å². The molecular formula is C15H14ClN5O. The molecule has 0 saturated carbocycles. The van der Waals surface area contributed by atoms with Crippen molar-refractivity contribution in [1.29, 1.82) is 0 Å². The minimum atomic E-state index is -0.204. The summed E-state index contributed by atoms with van der Waals surface area (Å²) in [6.45, 7) is 3.66. The van der Waals surface area contributed by atoms with E-state index in [0.717, 1.165) is 11.4 Å². The molecule has 0 aliphatic heterocycles. The second-order valence-electron chi connectivity index (χ2n) is 4.93. The normalized spacial score (nSPS) is 10.7. The van der Waals surface area contributed by atoms with Crippen molar-refractivity contribution in [2.45, 2.75) is 13.8 Å². The number of rotatable bonds is 3. The van der Waals surface area contributed by atoms with Crippen LogP contribution in [-0.2, 0) is 0 Å². The van der Waals surface area contributed by atoms with E-state index in [9.17, 15) is 4.79 Å². The lowest BCUT2D eigenvalue weighted by Gasteiger charge is -2.04. The van der Waals surface area contributed by atoms with Crippen molar-refractivity contribution in [3.05, 3.63) is 63.2 Å². The van der Waals surface area contributed by atoms with Gasteiger partial charge in [-0.15, -0.1) is 5.10 Å². The molecule has 3 rings (SSSR count). The summed E-state index contributed by atoms with van der Waals surface area (Å²) in [5.41, 5.74) is 2.16. The molecule has 0 spiro atoms. The fourth-order valence-electron chi connectivity index (χ4n) is 2.09. The molecule has 0 atom stereocenters. The number of H-pyrrole nitrogens is 1. The van der Waals surface area contributed by atoms with Crippen LogP contribution in [0.1, 0.15) is 11.4 Å². The number of aryl methyl sites for hydroxylation is 2. The van der Waals surface area contributed by atoms with Crippen LogP contribution in [0.25, 0.3) is 5.95 Å². The number of aromatic amines is 1. The molecule has 0 bridgehead atoms. The van der Waals surface area contributed by atoms with Gasteiger partial charge in [0.15, 0.2) is 5.82 Å². The highest BCUT2D eigenvalue weighted by Crippen LogP contribution is 2.19. The Hall–Kier alpha value is -2.60. The lowest BCUT2D eigenvalue weighted by atomic mass is 10.3. The number of halogens is 1. The van der Waals surface area contributed by atoms with E-state index in [0.29, 0.717) is 22.5 Å². The number of nitrogens with zero attached hydrogens (tertiary/aromatic N) is 3. The van der Waals surface area contributed by atoms with Gasteiger partial charge in [-0.05, 0) is 38.1 Å². The molecule has 0 saturated heterocycles. The molecule has 2 heterocycles. The molecule has 2 aromatic heterocycles. The van der Waals surface area contributed by atoms with Gasteiger partial charge < -0.3 is 5.32 Å². The van der Waals surface area contributed by atoms with Gasteiger partial charge in [-0.25, -0.2) is 9.67 Å². The van der Waals surface area contributed by atoms with Crippen LogP contribution in [0.2, 0.25) is 5.02 Å². The number of hydrogen-bond donors (Lipinski definition) is 2. The van der Waals surface area contributed by atoms with Crippen molar-refractivity contribution < 1.29 is 0 Å². The monoisotopic (exact) mass is 315 g/mol. The summed E-state index contributed by atoms with van der Waals surface area (Å²) in [4.78, 5) is 18.5. The summed E-state index contributed by atoms with van der Waals surface area (Å²) in [6, 6.07) is 10.6. The van der Waals surface area contributed by atoms with Gasteiger partial charge in [0.1, 0.15) is 0 Å². The third kappa shape index (κ3) is 3.01. The fourth-order valence-corrected chi connectivity index (χ4v) is 2.22. The van der Waals surface area contributed by atoms with Gasteiger partial charge in [0, 0.05) is 34.2 Å². The zero-order valence-electron chi connectivity index (χ0n) is 12.1. The first-order chi connectivity index (χ1) is 10.5. The number of aromatic nitrogens is 4. The highest BCUT2D eigenvalue weighted by molar-refractivity contribution is 6.30. The van der Waals surface area contributed by atoms with E-state index in [-0.39, 0.29) is 5.56 Å². The van der Waals surface area contributed by atoms with Crippen LogP contribution in [-0.4, -0.2) is 19.7 Å². The van der Waals surface area contributed by atoms with Crippen LogP contribution in [0.3, 0.4) is 0 Å². The van der Waals surface area contributed by atoms with Crippen LogP contribution < -0.4 is 10.9 Å². The average Bonchev–Trinajstić information content (AvgIpc) is 2.81. The Morgan fingerprint density at radius 1 is 1.18 bits per heavy atom. The van der Waals surface area contributed by atoms with Crippen molar-refractivity contribution >= 4 is 23.1 Å². The molecule has 2 N–H and O–H groups in total. The lowest BCUT2D eigenvalue weighted by Crippen LogP contribution is -2.14. The molecule has 1 aromatic carbocycles. The van der Waals surface area contributed by atoms with E-state index in [2.05, 4.69) is 20.4 Å². The van der Waals surface area contributed by atoms with Crippen LogP contribution >= 0.6 is 11.6 Å². The molecule has 3 aromatic rings. The maximum absolute atomic E-state index is 11.6. The molecule has 0 amide bonds. The Morgan fingerprint density at radius 3 is 2.59 bits per heavy atom. The van der Waals surface area contributed by atoms with Gasteiger partial charge in [0.2, 0.25) is 5.95 Å². The number of nitrogens with one attached hydrogen (secondary N) is 2. The first kappa shape index (κ1) is 14.3. The Labute approximate surface area is 131 Å². The number of hydrogen-bond acceptors (Lipinski definition) is 4. The molecule has 22 heavy (non-hydrogen) atoms. The summed E-state index contributed by atoms with van der Waals surface area (Å²) in [5.74, 6) is 1.05. The molecule has 0 unspecified atom stereocenters. The Balaban J connectivity index is 1.93. The third-order valence-corrected chi connectivity index (χ3v) is 3.31. The highest BCUT2D eigenvalue weighted by Gasteiger charge is 2.09. The quantitative estimate of drug-likeness (QED) is 0.779. The molecule has 112 valence electrons. The van der Waals surface area contributed by atoms with Gasteiger partial charge in [-0.1, -0.05) is 11.6 Å². The SMILES string of the molecule is Cc1cc(=O)[nH]c(-n2nc(Nc3ccc(Cl)cc3)cc2C)n1. The molecule has 0 aliphatic carbocycles. The highest BCUT2D eigenvalue weighted by atomic mass is 35.5. The van der Waals surface area contributed by atoms with Gasteiger partial charge >= 0.3 is 0 Å². The molecular weight excluding hydrogens is 302 g/mol. The van der Waals surface area contributed by atoms with Crippen LogP contribution in [0.5, 0.6) is 0 Å². The van der Waals surface area contributed by atoms with E-state index >= 15 is 0 Å². The molecule has 0 aliphatic rings. The van der Waals surface area contributed by atoms with E-state index in [1.54, 1.807) is 23.7 Å². The summed E-state index contributed by atoms with van der Waals surface area (Å²) in [6.07, 6.45) is 0. The van der Waals surface area contributed by atoms with Crippen LogP contribution in [0.15, 0.2) is 41.2 Å². The average molecular weight is 316 g/mol. The zero-order chi connectivity index (χ0) is 15.7. The van der Waals surface area contributed by atoms with E-state index in [4.69, 9.17) is 11.6 Å². The third-order valence-electron chi connectivity index (χ3n) is 3.06. The largest absolute Gasteiger partial charge is 0.339 e. The van der Waals surface area contributed by atoms with E-state index in [1.165, 1.54) is 6.07 Å². The van der Waals surface area contributed by atoms with Crippen molar-refractivity contribution in [3.8, 4) is 5.95 Å². The maximum atomic E-state index is 11.6. The Kier molecular flexibility index (Phi) is 3.68. The van der Waals surface area contributed by atoms with Crippen molar-refractivity contribution in [1.82, 2.24) is 19.7 Å². The second-order valence-corrected chi connectivity index (χ2v) is 5.36. The van der Waals surface area contributed by atoms with Gasteiger partial charge in [0.25, 0.3) is 5.56 Å². The predicted molar refractivity (Wildman–Crippen MR) is 86.2 cm³/mol. The number of anilines is 2. The standard InChI is InChI=1S/C15H14ClN5O/c1-9-7-14(22)19-15(17-9)21-10(2)8-13(20-21)18-12-5-3-11(16)4-6-12/h3-8H,1-2H3,(H,18,20)(H,17,19,22). The Morgan fingerprint density at radius 2 is 1.91 bits per heavy atom. The summed E-state index contributed by atoms with van der Waals surface area (Å²) in [5, 5.41) is 8.28. The summed E-state index contributed by atoms with van der Waals surface area (Å²) < 4.78 is 1.59. The summed E-state index contributed by atoms with van der Waals surface area (Å²) >= 11 is 5.86. The minimum absolute atomic E-state index is 0.204. The van der Waals surface area contributed by atoms with Crippen molar-refractivity contribution in [3.63, 3.8) is 0 Å². The smallest absolute Gasteiger partial charge is 0.252 e. The topological polar surface area (TPSA) is 75.6 Å². The molecule has 7 heteroatoms. The number of benzene rings is 1. The second kappa shape index (κ2) is 5.65. The van der Waals surface area contributed by atoms with Crippen LogP contribution in [0.4, 0.5) is 11.5 Å². The molecule has 0 fully saturated rings. The van der Waals surface area contributed by atoms with E-state index < -0.39 is 0 Å². The van der Waals surface area contributed by atoms with Gasteiger partial charge in [0.05, 0.1) is 0 Å². The molecule has 6 nitrogen and oxygen atoms in total. The minimum Gasteiger partial charge on any atom is -0.339 e.